The fraction of sp³-hybridized carbons (Fsp3) is 0.500. The summed E-state index contributed by atoms with van der Waals surface area (Å²) in [6.07, 6.45) is -3.56. The maximum Gasteiger partial charge on any atom is 0.347 e. The minimum absolute atomic E-state index is 0.256. The Morgan fingerprint density at radius 2 is 1.80 bits per heavy atom. The van der Waals surface area contributed by atoms with Crippen molar-refractivity contribution < 1.29 is 17.6 Å². The van der Waals surface area contributed by atoms with Gasteiger partial charge in [-0.05, 0) is 0 Å². The lowest BCUT2D eigenvalue weighted by molar-refractivity contribution is -0.100. The summed E-state index contributed by atoms with van der Waals surface area (Å²) in [4.78, 5) is 0. The highest BCUT2D eigenvalue weighted by molar-refractivity contribution is 5.07. The fourth-order valence-electron chi connectivity index (χ4n) is 0.237. The molecule has 0 aliphatic rings. The highest BCUT2D eigenvalue weighted by Gasteiger charge is 2.43. The molecule has 60 valence electrons. The molecule has 0 aromatic rings. The quantitative estimate of drug-likeness (QED) is 0.579. The van der Waals surface area contributed by atoms with Crippen LogP contribution in [0.1, 0.15) is 0 Å². The lowest BCUT2D eigenvalue weighted by atomic mass is 10.3. The van der Waals surface area contributed by atoms with Gasteiger partial charge in [-0.15, -0.1) is 0 Å². The number of allylic oxidation sites excluding steroid dienone is 1. The normalized spacial score (nSPS) is 14.3. The highest BCUT2D eigenvalue weighted by atomic mass is 19.3. The van der Waals surface area contributed by atoms with Crippen molar-refractivity contribution in [1.29, 1.82) is 0 Å². The van der Waals surface area contributed by atoms with E-state index in [4.69, 9.17) is 0 Å². The Morgan fingerprint density at radius 3 is 1.90 bits per heavy atom. The zero-order chi connectivity index (χ0) is 8.36. The van der Waals surface area contributed by atoms with Crippen molar-refractivity contribution in [3.8, 4) is 0 Å². The lowest BCUT2D eigenvalue weighted by Gasteiger charge is -2.13. The van der Waals surface area contributed by atoms with Gasteiger partial charge < -0.3 is 11.5 Å². The molecule has 6 heteroatoms. The van der Waals surface area contributed by atoms with Crippen LogP contribution in [0.3, 0.4) is 0 Å². The molecule has 0 aliphatic heterocycles. The third-order valence-corrected chi connectivity index (χ3v) is 0.839. The van der Waals surface area contributed by atoms with Gasteiger partial charge in [0.05, 0.1) is 0 Å². The topological polar surface area (TPSA) is 52.0 Å². The van der Waals surface area contributed by atoms with E-state index in [2.05, 4.69) is 11.5 Å². The fourth-order valence-corrected chi connectivity index (χ4v) is 0.237. The molecule has 0 bridgehead atoms. The van der Waals surface area contributed by atoms with Crippen LogP contribution >= 0.6 is 0 Å². The first-order valence-electron chi connectivity index (χ1n) is 2.26. The van der Waals surface area contributed by atoms with Crippen LogP contribution < -0.4 is 11.5 Å². The van der Waals surface area contributed by atoms with Crippen molar-refractivity contribution in [2.75, 3.05) is 0 Å². The van der Waals surface area contributed by atoms with Crippen molar-refractivity contribution in [2.24, 2.45) is 11.5 Å². The van der Waals surface area contributed by atoms with Crippen molar-refractivity contribution in [3.05, 3.63) is 11.9 Å². The second-order valence-electron chi connectivity index (χ2n) is 1.55. The van der Waals surface area contributed by atoms with E-state index in [1.807, 2.05) is 0 Å². The van der Waals surface area contributed by atoms with E-state index in [1.165, 1.54) is 0 Å². The van der Waals surface area contributed by atoms with Gasteiger partial charge in [0.15, 0.2) is 0 Å². The van der Waals surface area contributed by atoms with Gasteiger partial charge in [-0.3, -0.25) is 0 Å². The van der Waals surface area contributed by atoms with Gasteiger partial charge in [0.2, 0.25) is 0 Å². The standard InChI is InChI=1S/C4H6F4N2/c5-3(6)4(7,8)2(10)1-9/h1,3H,9-10H2/b2-1-. The first-order valence-corrected chi connectivity index (χ1v) is 2.26. The SMILES string of the molecule is N/C=C(\N)C(F)(F)C(F)F. The molecule has 0 fully saturated rings. The summed E-state index contributed by atoms with van der Waals surface area (Å²) in [5.41, 5.74) is 7.64. The molecule has 0 aromatic carbocycles. The van der Waals surface area contributed by atoms with Gasteiger partial charge in [0.1, 0.15) is 5.70 Å². The maximum atomic E-state index is 11.9. The summed E-state index contributed by atoms with van der Waals surface area (Å²) in [7, 11) is 0. The average Bonchev–Trinajstić information content (AvgIpc) is 1.86. The Bertz CT molecular complexity index is 142. The zero-order valence-corrected chi connectivity index (χ0v) is 4.82. The molecule has 0 amide bonds. The molecule has 0 aliphatic carbocycles. The Labute approximate surface area is 54.5 Å². The van der Waals surface area contributed by atoms with Crippen molar-refractivity contribution in [2.45, 2.75) is 12.3 Å². The van der Waals surface area contributed by atoms with E-state index in [9.17, 15) is 17.6 Å². The van der Waals surface area contributed by atoms with Crippen molar-refractivity contribution >= 4 is 0 Å². The van der Waals surface area contributed by atoms with Crippen LogP contribution in [0.4, 0.5) is 17.6 Å². The molecule has 4 N–H and O–H groups in total. The minimum Gasteiger partial charge on any atom is -0.403 e. The Morgan fingerprint density at radius 1 is 1.40 bits per heavy atom. The third kappa shape index (κ3) is 1.52. The molecular weight excluding hydrogens is 152 g/mol. The van der Waals surface area contributed by atoms with Crippen LogP contribution in [-0.2, 0) is 0 Å². The monoisotopic (exact) mass is 158 g/mol. The predicted octanol–water partition coefficient (Wildman–Crippen LogP) is 0.646. The molecule has 0 saturated carbocycles. The molecule has 0 spiro atoms. The number of alkyl halides is 4. The van der Waals surface area contributed by atoms with Gasteiger partial charge in [-0.2, -0.15) is 8.78 Å². The van der Waals surface area contributed by atoms with Crippen LogP contribution in [0.25, 0.3) is 0 Å². The van der Waals surface area contributed by atoms with Crippen LogP contribution in [0, 0.1) is 0 Å². The average molecular weight is 158 g/mol. The molecule has 2 nitrogen and oxygen atoms in total. The lowest BCUT2D eigenvalue weighted by Crippen LogP contribution is -2.33. The predicted molar refractivity (Wildman–Crippen MR) is 27.4 cm³/mol. The van der Waals surface area contributed by atoms with Gasteiger partial charge in [-0.1, -0.05) is 0 Å². The molecule has 10 heavy (non-hydrogen) atoms. The summed E-state index contributed by atoms with van der Waals surface area (Å²) in [5, 5.41) is 0. The van der Waals surface area contributed by atoms with E-state index in [1.54, 1.807) is 0 Å². The van der Waals surface area contributed by atoms with Crippen LogP contribution in [0.2, 0.25) is 0 Å². The van der Waals surface area contributed by atoms with Crippen molar-refractivity contribution in [3.63, 3.8) is 0 Å². The Hall–Kier alpha value is -0.940. The van der Waals surface area contributed by atoms with Crippen LogP contribution in [0.15, 0.2) is 11.9 Å². The third-order valence-electron chi connectivity index (χ3n) is 0.839. The highest BCUT2D eigenvalue weighted by Crippen LogP contribution is 2.27. The number of nitrogens with two attached hydrogens (primary N) is 2. The number of hydrogen-bond acceptors (Lipinski definition) is 2. The summed E-state index contributed by atoms with van der Waals surface area (Å²) in [6, 6.07) is 0. The van der Waals surface area contributed by atoms with Gasteiger partial charge in [-0.25, -0.2) is 8.78 Å². The van der Waals surface area contributed by atoms with Gasteiger partial charge in [0.25, 0.3) is 0 Å². The molecule has 0 unspecified atom stereocenters. The van der Waals surface area contributed by atoms with Crippen LogP contribution in [-0.4, -0.2) is 12.3 Å². The van der Waals surface area contributed by atoms with E-state index in [-0.39, 0.29) is 6.20 Å². The molecule has 0 aromatic heterocycles. The largest absolute Gasteiger partial charge is 0.403 e. The minimum atomic E-state index is -4.31. The van der Waals surface area contributed by atoms with E-state index >= 15 is 0 Å². The molecular formula is C4H6F4N2. The summed E-state index contributed by atoms with van der Waals surface area (Å²) < 4.78 is 46.5. The first-order chi connectivity index (χ1) is 4.42. The smallest absolute Gasteiger partial charge is 0.347 e. The van der Waals surface area contributed by atoms with Gasteiger partial charge in [0, 0.05) is 6.20 Å². The second-order valence-corrected chi connectivity index (χ2v) is 1.55. The van der Waals surface area contributed by atoms with Gasteiger partial charge >= 0.3 is 12.3 Å². The molecule has 0 atom stereocenters. The Kier molecular flexibility index (Phi) is 2.50. The molecule has 0 radical (unpaired) electrons. The maximum absolute atomic E-state index is 11.9. The summed E-state index contributed by atoms with van der Waals surface area (Å²) in [5.74, 6) is -4.31. The van der Waals surface area contributed by atoms with E-state index in [0.717, 1.165) is 0 Å². The second kappa shape index (κ2) is 2.76. The molecule has 0 rings (SSSR count). The van der Waals surface area contributed by atoms with Crippen LogP contribution in [0.5, 0.6) is 0 Å². The zero-order valence-electron chi connectivity index (χ0n) is 4.82. The molecule has 0 saturated heterocycles. The van der Waals surface area contributed by atoms with E-state index in [0.29, 0.717) is 0 Å². The van der Waals surface area contributed by atoms with Crippen molar-refractivity contribution in [1.82, 2.24) is 0 Å². The Balaban J connectivity index is 4.40. The number of hydrogen-bond donors (Lipinski definition) is 2. The summed E-state index contributed by atoms with van der Waals surface area (Å²) >= 11 is 0. The first kappa shape index (κ1) is 9.06. The number of halogens is 4. The molecule has 0 heterocycles. The van der Waals surface area contributed by atoms with E-state index < -0.39 is 18.0 Å². The number of rotatable bonds is 2. The summed E-state index contributed by atoms with van der Waals surface area (Å²) in [6.45, 7) is 0.